The van der Waals surface area contributed by atoms with E-state index in [2.05, 4.69) is 255 Å². The van der Waals surface area contributed by atoms with E-state index in [1.807, 2.05) is 0 Å². The van der Waals surface area contributed by atoms with Gasteiger partial charge in [-0.05, 0) is 277 Å². The number of fused-ring (bicyclic) bond motifs is 4. The van der Waals surface area contributed by atoms with Gasteiger partial charge < -0.3 is 20.4 Å². The molecule has 514 valence electrons. The molecule has 20 nitrogen and oxygen atoms in total. The summed E-state index contributed by atoms with van der Waals surface area (Å²) in [5.41, 5.74) is -2.09. The van der Waals surface area contributed by atoms with E-state index < -0.39 is 117 Å². The van der Waals surface area contributed by atoms with E-state index >= 15 is 0 Å². The molecule has 4 heterocycles. The molecule has 0 fully saturated rings. The summed E-state index contributed by atoms with van der Waals surface area (Å²) in [6, 6.07) is -5.09. The number of halogens is 16. The van der Waals surface area contributed by atoms with Crippen LogP contribution in [0.15, 0.2) is 71.6 Å². The monoisotopic (exact) mass is 2500 g/mol. The summed E-state index contributed by atoms with van der Waals surface area (Å²) < 4.78 is 7.74. The molecule has 8 amide bonds. The van der Waals surface area contributed by atoms with Gasteiger partial charge in [-0.3, -0.25) is 58.0 Å². The van der Waals surface area contributed by atoms with Crippen molar-refractivity contribution < 1.29 is 117 Å². The van der Waals surface area contributed by atoms with E-state index in [-0.39, 0.29) is 83.5 Å². The van der Waals surface area contributed by atoms with Gasteiger partial charge in [0.2, 0.25) is 0 Å². The Kier molecular flexibility index (Phi) is 30.6. The maximum absolute atomic E-state index is 12.8. The third kappa shape index (κ3) is 16.4. The smallest absolute Gasteiger partial charge is 0.327 e. The van der Waals surface area contributed by atoms with Crippen LogP contribution < -0.4 is 0 Å². The Morgan fingerprint density at radius 3 is 0.383 bits per heavy atom. The van der Waals surface area contributed by atoms with Gasteiger partial charge in [0.05, 0.1) is 44.5 Å². The molecular formula is C56H44Br16N4O16Rh2. The Labute approximate surface area is 697 Å². The normalized spacial score (nSPS) is 15.5. The Hall–Kier alpha value is 0.247. The van der Waals surface area contributed by atoms with E-state index in [4.69, 9.17) is 0 Å². The quantitative estimate of drug-likeness (QED) is 0.0551. The molecule has 4 atom stereocenters. The number of carbonyl (C=O) groups is 12. The maximum Gasteiger partial charge on any atom is 0.327 e. The molecule has 0 saturated heterocycles. The van der Waals surface area contributed by atoms with Crippen LogP contribution in [0.3, 0.4) is 0 Å². The average Bonchev–Trinajstić information content (AvgIpc) is 1.61. The molecule has 0 aromatic heterocycles. The first-order chi connectivity index (χ1) is 41.6. The van der Waals surface area contributed by atoms with Crippen molar-refractivity contribution >= 4 is 326 Å². The number of aliphatic carboxylic acids is 4. The number of carboxylic acid groups (broad SMARTS) is 4. The number of imide groups is 4. The van der Waals surface area contributed by atoms with Crippen molar-refractivity contribution in [3.05, 3.63) is 116 Å². The van der Waals surface area contributed by atoms with Gasteiger partial charge in [0, 0.05) is 111 Å². The molecule has 4 N–H and O–H groups in total. The number of hydrogen-bond acceptors (Lipinski definition) is 12. The first-order valence-electron chi connectivity index (χ1n) is 25.5. The van der Waals surface area contributed by atoms with Gasteiger partial charge in [0.15, 0.2) is 0 Å². The van der Waals surface area contributed by atoms with Crippen molar-refractivity contribution in [1.29, 1.82) is 0 Å². The minimum absolute atomic E-state index is 0. The van der Waals surface area contributed by atoms with Crippen LogP contribution in [-0.2, 0) is 58.1 Å². The van der Waals surface area contributed by atoms with Gasteiger partial charge in [0.25, 0.3) is 47.3 Å². The molecule has 4 aliphatic heterocycles. The van der Waals surface area contributed by atoms with Crippen molar-refractivity contribution in [3.8, 4) is 0 Å². The summed E-state index contributed by atoms with van der Waals surface area (Å²) in [5, 5.41) is 38.2. The molecule has 94 heavy (non-hydrogen) atoms. The number of benzene rings is 4. The van der Waals surface area contributed by atoms with Crippen LogP contribution in [0.25, 0.3) is 0 Å². The van der Waals surface area contributed by atoms with E-state index in [0.717, 1.165) is 19.6 Å². The van der Waals surface area contributed by atoms with Crippen LogP contribution in [0.2, 0.25) is 0 Å². The minimum Gasteiger partial charge on any atom is -0.480 e. The molecule has 38 heteroatoms. The van der Waals surface area contributed by atoms with Crippen molar-refractivity contribution in [1.82, 2.24) is 19.6 Å². The van der Waals surface area contributed by atoms with Crippen molar-refractivity contribution in [3.63, 3.8) is 0 Å². The Balaban J connectivity index is 0.000000325. The molecule has 2 radical (unpaired) electrons. The Bertz CT molecular complexity index is 3350. The van der Waals surface area contributed by atoms with E-state index in [1.165, 1.54) is 0 Å². The summed E-state index contributed by atoms with van der Waals surface area (Å²) in [5.74, 6) is -9.95. The molecule has 0 saturated carbocycles. The second kappa shape index (κ2) is 32.5. The molecular weight excluding hydrogens is 2470 g/mol. The summed E-state index contributed by atoms with van der Waals surface area (Å²) in [4.78, 5) is 152. The molecule has 0 spiro atoms. The minimum atomic E-state index is -1.27. The number of rotatable bonds is 8. The fourth-order valence-corrected chi connectivity index (χ4v) is 19.7. The van der Waals surface area contributed by atoms with Gasteiger partial charge in [-0.25, -0.2) is 19.2 Å². The number of carboxylic acids is 4. The van der Waals surface area contributed by atoms with Crippen LogP contribution in [0.5, 0.6) is 0 Å². The van der Waals surface area contributed by atoms with Crippen molar-refractivity contribution in [2.24, 2.45) is 21.7 Å². The van der Waals surface area contributed by atoms with Crippen molar-refractivity contribution in [2.45, 2.75) is 107 Å². The van der Waals surface area contributed by atoms with Gasteiger partial charge in [-0.1, -0.05) is 83.1 Å². The summed E-state index contributed by atoms with van der Waals surface area (Å²) >= 11 is 53.1. The van der Waals surface area contributed by atoms with Crippen LogP contribution in [-0.4, -0.2) is 135 Å². The predicted molar refractivity (Wildman–Crippen MR) is 394 cm³/mol. The predicted octanol–water partition coefficient (Wildman–Crippen LogP) is 19.3. The number of amides is 8. The van der Waals surface area contributed by atoms with Crippen LogP contribution in [0.4, 0.5) is 0 Å². The topological polar surface area (TPSA) is 299 Å². The number of carbonyl (C=O) groups excluding carboxylic acids is 8. The van der Waals surface area contributed by atoms with Crippen LogP contribution in [0, 0.1) is 21.7 Å². The second-order valence-corrected chi connectivity index (χ2v) is 37.1. The Morgan fingerprint density at radius 1 is 0.234 bits per heavy atom. The van der Waals surface area contributed by atoms with E-state index in [1.54, 1.807) is 83.1 Å². The Morgan fingerprint density at radius 2 is 0.319 bits per heavy atom. The average molecular weight is 2510 g/mol. The van der Waals surface area contributed by atoms with Crippen LogP contribution in [0.1, 0.15) is 166 Å². The first kappa shape index (κ1) is 88.5. The first-order valence-corrected chi connectivity index (χ1v) is 38.2. The zero-order valence-corrected chi connectivity index (χ0v) is 78.2. The van der Waals surface area contributed by atoms with E-state index in [0.29, 0.717) is 71.6 Å². The standard InChI is InChI=1S/4C14H11Br4NO4.2Rh/c4*1-14(2,3)10(13(22)23)19-11(20)4-5(12(19)21)7(16)9(18)8(17)6(4)15;;/h4*10H,1-3H3,(H,22,23);;/t3*10-;;;/m111.../s1. The molecule has 8 rings (SSSR count). The molecule has 1 unspecified atom stereocenters. The number of hydrogen-bond donors (Lipinski definition) is 4. The van der Waals surface area contributed by atoms with Crippen molar-refractivity contribution in [2.75, 3.05) is 0 Å². The molecule has 0 bridgehead atoms. The molecule has 4 aromatic carbocycles. The molecule has 0 aliphatic carbocycles. The molecule has 4 aliphatic rings. The molecule has 4 aromatic rings. The summed E-state index contributed by atoms with van der Waals surface area (Å²) in [6.07, 6.45) is 0. The van der Waals surface area contributed by atoms with E-state index in [9.17, 15) is 78.0 Å². The zero-order valence-electron chi connectivity index (χ0n) is 49.5. The zero-order chi connectivity index (χ0) is 71.4. The third-order valence-corrected chi connectivity index (χ3v) is 32.9. The fourth-order valence-electron chi connectivity index (χ4n) is 9.88. The largest absolute Gasteiger partial charge is 0.480 e. The number of nitrogens with zero attached hydrogens (tertiary/aromatic N) is 4. The van der Waals surface area contributed by atoms with Gasteiger partial charge in [0.1, 0.15) is 24.2 Å². The summed E-state index contributed by atoms with van der Waals surface area (Å²) in [6.45, 7) is 20.1. The second-order valence-electron chi connectivity index (χ2n) is 24.4. The van der Waals surface area contributed by atoms with Gasteiger partial charge in [-0.15, -0.1) is 0 Å². The fraction of sp³-hybridized carbons (Fsp3) is 0.357. The maximum atomic E-state index is 12.8. The van der Waals surface area contributed by atoms with Crippen LogP contribution >= 0.6 is 255 Å². The van der Waals surface area contributed by atoms with Gasteiger partial charge in [-0.2, -0.15) is 0 Å². The summed E-state index contributed by atoms with van der Waals surface area (Å²) in [7, 11) is 0. The SMILES string of the molecule is CC(C)(C)C(C(=O)O)N1C(=O)c2c(Br)c(Br)c(Br)c(Br)c2C1=O.CC(C)(C)[C@@H](C(=O)O)N1C(=O)c2c(Br)c(Br)c(Br)c(Br)c2C1=O.CC(C)(C)[C@@H](C(=O)O)N1C(=O)c2c(Br)c(Br)c(Br)c(Br)c2C1=O.CC(C)(C)[C@@H](C(=O)O)N1C(=O)c2c(Br)c(Br)c(Br)c(Br)c2C1=O.[Rh].[Rh]. The van der Waals surface area contributed by atoms with Gasteiger partial charge >= 0.3 is 23.9 Å². The third-order valence-electron chi connectivity index (χ3n) is 13.8.